The Morgan fingerprint density at radius 1 is 1.64 bits per heavy atom. The smallest absolute Gasteiger partial charge is 0.137 e. The first-order chi connectivity index (χ1) is 6.77. The van der Waals surface area contributed by atoms with Crippen LogP contribution in [0.4, 0.5) is 0 Å². The largest absolute Gasteiger partial charge is 0.469 e. The van der Waals surface area contributed by atoms with E-state index in [4.69, 9.17) is 4.42 Å². The number of aliphatic hydroxyl groups is 1. The van der Waals surface area contributed by atoms with Gasteiger partial charge in [0.25, 0.3) is 0 Å². The van der Waals surface area contributed by atoms with Crippen molar-refractivity contribution < 1.29 is 9.52 Å². The summed E-state index contributed by atoms with van der Waals surface area (Å²) in [5.41, 5.74) is 0. The highest BCUT2D eigenvalue weighted by atomic mass is 16.3. The van der Waals surface area contributed by atoms with E-state index in [0.717, 1.165) is 5.76 Å². The van der Waals surface area contributed by atoms with E-state index in [0.29, 0.717) is 12.2 Å². The van der Waals surface area contributed by atoms with Crippen LogP contribution in [0.1, 0.15) is 17.7 Å². The molecule has 0 amide bonds. The van der Waals surface area contributed by atoms with Gasteiger partial charge in [-0.3, -0.25) is 0 Å². The first-order valence-electron chi connectivity index (χ1n) is 4.45. The summed E-state index contributed by atoms with van der Waals surface area (Å²) in [6.07, 6.45) is 4.92. The van der Waals surface area contributed by atoms with Gasteiger partial charge < -0.3 is 14.1 Å². The standard InChI is InChI=1S/C10H12N2O2/c1-12-5-4-11-10(12)9(13)7-8-3-2-6-14-8/h2-6,9,13H,7H2,1H3. The number of imidazole rings is 1. The van der Waals surface area contributed by atoms with Crippen molar-refractivity contribution >= 4 is 0 Å². The van der Waals surface area contributed by atoms with E-state index < -0.39 is 6.10 Å². The highest BCUT2D eigenvalue weighted by Gasteiger charge is 2.13. The third-order valence-corrected chi connectivity index (χ3v) is 2.13. The monoisotopic (exact) mass is 192 g/mol. The molecule has 0 bridgehead atoms. The maximum absolute atomic E-state index is 9.82. The summed E-state index contributed by atoms with van der Waals surface area (Å²) in [6.45, 7) is 0. The quantitative estimate of drug-likeness (QED) is 0.797. The van der Waals surface area contributed by atoms with E-state index in [-0.39, 0.29) is 0 Å². The molecule has 74 valence electrons. The van der Waals surface area contributed by atoms with E-state index in [2.05, 4.69) is 4.98 Å². The molecule has 14 heavy (non-hydrogen) atoms. The summed E-state index contributed by atoms with van der Waals surface area (Å²) in [4.78, 5) is 4.07. The Labute approximate surface area is 81.8 Å². The lowest BCUT2D eigenvalue weighted by atomic mass is 10.2. The predicted octanol–water partition coefficient (Wildman–Crippen LogP) is 1.29. The molecule has 0 radical (unpaired) electrons. The van der Waals surface area contributed by atoms with Gasteiger partial charge in [-0.1, -0.05) is 0 Å². The Kier molecular flexibility index (Phi) is 2.37. The van der Waals surface area contributed by atoms with Crippen LogP contribution < -0.4 is 0 Å². The number of rotatable bonds is 3. The van der Waals surface area contributed by atoms with Gasteiger partial charge in [0, 0.05) is 25.9 Å². The second-order valence-electron chi connectivity index (χ2n) is 3.20. The van der Waals surface area contributed by atoms with Gasteiger partial charge >= 0.3 is 0 Å². The number of hydrogen-bond donors (Lipinski definition) is 1. The molecule has 0 saturated heterocycles. The number of nitrogens with zero attached hydrogens (tertiary/aromatic N) is 2. The predicted molar refractivity (Wildman–Crippen MR) is 50.6 cm³/mol. The maximum Gasteiger partial charge on any atom is 0.137 e. The minimum Gasteiger partial charge on any atom is -0.469 e. The first-order valence-corrected chi connectivity index (χ1v) is 4.45. The fourth-order valence-corrected chi connectivity index (χ4v) is 1.41. The molecule has 0 aliphatic carbocycles. The van der Waals surface area contributed by atoms with Crippen molar-refractivity contribution in [1.82, 2.24) is 9.55 Å². The zero-order valence-electron chi connectivity index (χ0n) is 7.92. The van der Waals surface area contributed by atoms with E-state index in [9.17, 15) is 5.11 Å². The van der Waals surface area contributed by atoms with Gasteiger partial charge in [0.05, 0.1) is 6.26 Å². The second-order valence-corrected chi connectivity index (χ2v) is 3.20. The highest BCUT2D eigenvalue weighted by Crippen LogP contribution is 2.15. The van der Waals surface area contributed by atoms with Crippen LogP contribution in [-0.4, -0.2) is 14.7 Å². The van der Waals surface area contributed by atoms with Crippen molar-refractivity contribution in [1.29, 1.82) is 0 Å². The minimum absolute atomic E-state index is 0.456. The van der Waals surface area contributed by atoms with Gasteiger partial charge in [-0.15, -0.1) is 0 Å². The number of aromatic nitrogens is 2. The molecule has 2 heterocycles. The molecule has 2 aromatic rings. The molecular formula is C10H12N2O2. The fourth-order valence-electron chi connectivity index (χ4n) is 1.41. The number of furan rings is 1. The lowest BCUT2D eigenvalue weighted by Gasteiger charge is -2.08. The normalized spacial score (nSPS) is 13.0. The summed E-state index contributed by atoms with van der Waals surface area (Å²) < 4.78 is 6.94. The van der Waals surface area contributed by atoms with Crippen LogP contribution in [0.15, 0.2) is 35.2 Å². The van der Waals surface area contributed by atoms with E-state index in [1.807, 2.05) is 13.1 Å². The Bertz CT molecular complexity index is 392. The SMILES string of the molecule is Cn1ccnc1C(O)Cc1ccco1. The lowest BCUT2D eigenvalue weighted by Crippen LogP contribution is -2.07. The van der Waals surface area contributed by atoms with Crippen molar-refractivity contribution in [3.05, 3.63) is 42.4 Å². The summed E-state index contributed by atoms with van der Waals surface area (Å²) in [7, 11) is 1.85. The molecule has 2 rings (SSSR count). The molecule has 4 nitrogen and oxygen atoms in total. The molecule has 0 spiro atoms. The van der Waals surface area contributed by atoms with Crippen LogP contribution in [0.2, 0.25) is 0 Å². The summed E-state index contributed by atoms with van der Waals surface area (Å²) in [5.74, 6) is 1.42. The third-order valence-electron chi connectivity index (χ3n) is 2.13. The average molecular weight is 192 g/mol. The van der Waals surface area contributed by atoms with Crippen LogP contribution >= 0.6 is 0 Å². The maximum atomic E-state index is 9.82. The first kappa shape index (κ1) is 9.02. The van der Waals surface area contributed by atoms with Gasteiger partial charge in [0.2, 0.25) is 0 Å². The van der Waals surface area contributed by atoms with Crippen molar-refractivity contribution in [2.75, 3.05) is 0 Å². The highest BCUT2D eigenvalue weighted by molar-refractivity contribution is 5.04. The van der Waals surface area contributed by atoms with E-state index in [1.54, 1.807) is 29.3 Å². The van der Waals surface area contributed by atoms with Crippen LogP contribution in [0.25, 0.3) is 0 Å². The van der Waals surface area contributed by atoms with Crippen molar-refractivity contribution in [3.8, 4) is 0 Å². The second kappa shape index (κ2) is 3.67. The molecule has 0 aliphatic rings. The number of aliphatic hydroxyl groups excluding tert-OH is 1. The van der Waals surface area contributed by atoms with E-state index in [1.165, 1.54) is 0 Å². The topological polar surface area (TPSA) is 51.2 Å². The van der Waals surface area contributed by atoms with Crippen molar-refractivity contribution in [3.63, 3.8) is 0 Å². The number of hydrogen-bond acceptors (Lipinski definition) is 3. The lowest BCUT2D eigenvalue weighted by molar-refractivity contribution is 0.157. The molecule has 0 saturated carbocycles. The van der Waals surface area contributed by atoms with Crippen LogP contribution in [-0.2, 0) is 13.5 Å². The zero-order valence-corrected chi connectivity index (χ0v) is 7.92. The minimum atomic E-state index is -0.610. The summed E-state index contributed by atoms with van der Waals surface area (Å²) in [6, 6.07) is 3.65. The third kappa shape index (κ3) is 1.70. The molecule has 4 heteroatoms. The Balaban J connectivity index is 2.10. The van der Waals surface area contributed by atoms with Gasteiger partial charge in [-0.25, -0.2) is 4.98 Å². The summed E-state index contributed by atoms with van der Waals surface area (Å²) in [5, 5.41) is 9.82. The molecule has 1 unspecified atom stereocenters. The van der Waals surface area contributed by atoms with Crippen LogP contribution in [0.5, 0.6) is 0 Å². The van der Waals surface area contributed by atoms with E-state index >= 15 is 0 Å². The van der Waals surface area contributed by atoms with Gasteiger partial charge in [0.15, 0.2) is 0 Å². The molecule has 0 aromatic carbocycles. The Morgan fingerprint density at radius 2 is 2.50 bits per heavy atom. The van der Waals surface area contributed by atoms with Gasteiger partial charge in [-0.2, -0.15) is 0 Å². The fraction of sp³-hybridized carbons (Fsp3) is 0.300. The molecule has 1 N–H and O–H groups in total. The van der Waals surface area contributed by atoms with Crippen LogP contribution in [0, 0.1) is 0 Å². The zero-order chi connectivity index (χ0) is 9.97. The van der Waals surface area contributed by atoms with Crippen molar-refractivity contribution in [2.24, 2.45) is 7.05 Å². The molecular weight excluding hydrogens is 180 g/mol. The van der Waals surface area contributed by atoms with Gasteiger partial charge in [0.1, 0.15) is 17.7 Å². The summed E-state index contributed by atoms with van der Waals surface area (Å²) >= 11 is 0. The Morgan fingerprint density at radius 3 is 3.07 bits per heavy atom. The van der Waals surface area contributed by atoms with Gasteiger partial charge in [-0.05, 0) is 12.1 Å². The Hall–Kier alpha value is -1.55. The molecule has 1 atom stereocenters. The molecule has 2 aromatic heterocycles. The van der Waals surface area contributed by atoms with Crippen molar-refractivity contribution in [2.45, 2.75) is 12.5 Å². The number of aryl methyl sites for hydroxylation is 1. The molecule has 0 aliphatic heterocycles. The average Bonchev–Trinajstić information content (AvgIpc) is 2.75. The van der Waals surface area contributed by atoms with Crippen LogP contribution in [0.3, 0.4) is 0 Å². The molecule has 0 fully saturated rings.